The van der Waals surface area contributed by atoms with Crippen molar-refractivity contribution >= 4 is 38.6 Å². The molecule has 0 saturated carbocycles. The van der Waals surface area contributed by atoms with Gasteiger partial charge < -0.3 is 9.30 Å². The van der Waals surface area contributed by atoms with E-state index in [1.165, 1.54) is 5.56 Å². The molecular formula is C29H30ClN3O3S2. The van der Waals surface area contributed by atoms with Crippen LogP contribution >= 0.6 is 22.9 Å². The molecule has 6 nitrogen and oxygen atoms in total. The number of rotatable bonds is 8. The predicted molar refractivity (Wildman–Crippen MR) is 154 cm³/mol. The molecule has 3 aromatic carbocycles. The van der Waals surface area contributed by atoms with E-state index in [1.54, 1.807) is 34.9 Å². The third-order valence-corrected chi connectivity index (χ3v) is 9.73. The predicted octanol–water partition coefficient (Wildman–Crippen LogP) is 6.53. The Balaban J connectivity index is 1.48. The maximum absolute atomic E-state index is 13.1. The molecule has 0 bridgehead atoms. The highest BCUT2D eigenvalue weighted by Gasteiger charge is 2.25. The van der Waals surface area contributed by atoms with Gasteiger partial charge in [-0.05, 0) is 72.9 Å². The Morgan fingerprint density at radius 2 is 1.71 bits per heavy atom. The molecule has 1 aliphatic heterocycles. The summed E-state index contributed by atoms with van der Waals surface area (Å²) in [6.45, 7) is 1.89. The van der Waals surface area contributed by atoms with Crippen LogP contribution in [-0.4, -0.2) is 37.5 Å². The Hall–Kier alpha value is -2.91. The second-order valence-electron chi connectivity index (χ2n) is 9.23. The van der Waals surface area contributed by atoms with Crippen LogP contribution in [0.1, 0.15) is 24.8 Å². The van der Waals surface area contributed by atoms with Crippen molar-refractivity contribution in [3.63, 3.8) is 0 Å². The van der Waals surface area contributed by atoms with E-state index in [2.05, 4.69) is 22.1 Å². The van der Waals surface area contributed by atoms with Crippen molar-refractivity contribution in [1.82, 2.24) is 8.87 Å². The average Bonchev–Trinajstić information content (AvgIpc) is 3.34. The zero-order valence-electron chi connectivity index (χ0n) is 21.2. The van der Waals surface area contributed by atoms with Crippen LogP contribution in [0, 0.1) is 0 Å². The van der Waals surface area contributed by atoms with Crippen LogP contribution < -0.4 is 9.54 Å². The van der Waals surface area contributed by atoms with Gasteiger partial charge in [0.2, 0.25) is 10.0 Å². The summed E-state index contributed by atoms with van der Waals surface area (Å²) in [5, 5.41) is 2.71. The minimum atomic E-state index is -3.47. The monoisotopic (exact) mass is 567 g/mol. The molecule has 0 unspecified atom stereocenters. The van der Waals surface area contributed by atoms with Crippen LogP contribution in [0.4, 0.5) is 5.69 Å². The molecule has 0 spiro atoms. The Labute approximate surface area is 232 Å². The van der Waals surface area contributed by atoms with Gasteiger partial charge in [0.15, 0.2) is 4.80 Å². The topological polar surface area (TPSA) is 63.9 Å². The lowest BCUT2D eigenvalue weighted by Gasteiger charge is -2.25. The fourth-order valence-corrected chi connectivity index (χ4v) is 7.26. The Kier molecular flexibility index (Phi) is 8.33. The van der Waals surface area contributed by atoms with Crippen molar-refractivity contribution in [2.75, 3.05) is 20.2 Å². The lowest BCUT2D eigenvalue weighted by molar-refractivity contribution is 0.346. The maximum atomic E-state index is 13.1. The average molecular weight is 568 g/mol. The Morgan fingerprint density at radius 3 is 2.39 bits per heavy atom. The molecule has 5 rings (SSSR count). The van der Waals surface area contributed by atoms with Gasteiger partial charge in [0.25, 0.3) is 0 Å². The summed E-state index contributed by atoms with van der Waals surface area (Å²) in [5.74, 6) is 0.828. The number of methoxy groups -OCH3 is 1. The number of halogens is 1. The van der Waals surface area contributed by atoms with Crippen LogP contribution in [0.15, 0.2) is 88.1 Å². The molecule has 0 amide bonds. The summed E-state index contributed by atoms with van der Waals surface area (Å²) in [4.78, 5) is 6.07. The van der Waals surface area contributed by atoms with E-state index in [0.717, 1.165) is 53.2 Å². The molecule has 1 fully saturated rings. The Bertz CT molecular complexity index is 1550. The molecule has 4 aromatic rings. The van der Waals surface area contributed by atoms with Crippen LogP contribution in [0.3, 0.4) is 0 Å². The van der Waals surface area contributed by atoms with Gasteiger partial charge in [-0.3, -0.25) is 0 Å². The second-order valence-corrected chi connectivity index (χ2v) is 12.4. The highest BCUT2D eigenvalue weighted by atomic mass is 35.5. The van der Waals surface area contributed by atoms with E-state index in [-0.39, 0.29) is 0 Å². The van der Waals surface area contributed by atoms with Gasteiger partial charge in [-0.25, -0.2) is 13.4 Å². The van der Waals surface area contributed by atoms with Crippen LogP contribution in [0.25, 0.3) is 11.3 Å². The van der Waals surface area contributed by atoms with Crippen molar-refractivity contribution in [1.29, 1.82) is 0 Å². The summed E-state index contributed by atoms with van der Waals surface area (Å²) in [5.41, 5.74) is 3.91. The van der Waals surface area contributed by atoms with E-state index in [1.807, 2.05) is 48.5 Å². The molecule has 0 radical (unpaired) electrons. The summed E-state index contributed by atoms with van der Waals surface area (Å²) < 4.78 is 35.3. The number of ether oxygens (including phenoxy) is 1. The summed E-state index contributed by atoms with van der Waals surface area (Å²) in [6, 6.07) is 22.8. The zero-order chi connectivity index (χ0) is 26.5. The molecule has 1 aliphatic rings. The van der Waals surface area contributed by atoms with Gasteiger partial charge in [0, 0.05) is 30.0 Å². The van der Waals surface area contributed by atoms with Gasteiger partial charge in [0.1, 0.15) is 5.75 Å². The number of benzene rings is 3. The van der Waals surface area contributed by atoms with Gasteiger partial charge in [-0.1, -0.05) is 48.4 Å². The molecule has 198 valence electrons. The minimum absolute atomic E-state index is 0.340. The van der Waals surface area contributed by atoms with E-state index < -0.39 is 10.0 Å². The first kappa shape index (κ1) is 26.7. The SMILES string of the molecule is COc1ccc(CCn2c(-c3ccc(S(=O)(=O)N4CCCCC4)cc3)csc2=Nc2cccc(Cl)c2)cc1. The molecule has 38 heavy (non-hydrogen) atoms. The van der Waals surface area contributed by atoms with Crippen molar-refractivity contribution in [3.05, 3.63) is 93.6 Å². The number of thiazole rings is 1. The minimum Gasteiger partial charge on any atom is -0.497 e. The fourth-order valence-electron chi connectivity index (χ4n) is 4.61. The molecule has 1 aromatic heterocycles. The van der Waals surface area contributed by atoms with Crippen LogP contribution in [0.5, 0.6) is 5.75 Å². The van der Waals surface area contributed by atoms with E-state index in [0.29, 0.717) is 29.6 Å². The first-order valence-electron chi connectivity index (χ1n) is 12.7. The molecule has 0 atom stereocenters. The van der Waals surface area contributed by atoms with E-state index >= 15 is 0 Å². The quantitative estimate of drug-likeness (QED) is 0.243. The molecular weight excluding hydrogens is 538 g/mol. The number of hydrogen-bond donors (Lipinski definition) is 0. The molecule has 2 heterocycles. The van der Waals surface area contributed by atoms with E-state index in [9.17, 15) is 8.42 Å². The standard InChI is InChI=1S/C29H30ClN3O3S2/c1-36-26-12-8-22(9-13-26)16-19-33-28(21-37-29(33)31-25-7-5-6-24(30)20-25)23-10-14-27(15-11-23)38(34,35)32-17-3-2-4-18-32/h5-15,20-21H,2-4,16-19H2,1H3. The molecule has 1 saturated heterocycles. The molecule has 9 heteroatoms. The number of aromatic nitrogens is 1. The third-order valence-electron chi connectivity index (χ3n) is 6.72. The first-order chi connectivity index (χ1) is 18.4. The maximum Gasteiger partial charge on any atom is 0.243 e. The number of aryl methyl sites for hydroxylation is 1. The van der Waals surface area contributed by atoms with Crippen molar-refractivity contribution in [2.45, 2.75) is 37.1 Å². The molecule has 0 aliphatic carbocycles. The van der Waals surface area contributed by atoms with Crippen molar-refractivity contribution in [2.24, 2.45) is 4.99 Å². The third kappa shape index (κ3) is 6.04. The van der Waals surface area contributed by atoms with Gasteiger partial charge >= 0.3 is 0 Å². The number of nitrogens with zero attached hydrogens (tertiary/aromatic N) is 3. The normalized spacial score (nSPS) is 15.1. The number of hydrogen-bond acceptors (Lipinski definition) is 5. The smallest absolute Gasteiger partial charge is 0.243 e. The van der Waals surface area contributed by atoms with Crippen LogP contribution in [-0.2, 0) is 23.0 Å². The van der Waals surface area contributed by atoms with Crippen LogP contribution in [0.2, 0.25) is 5.02 Å². The first-order valence-corrected chi connectivity index (χ1v) is 15.4. The van der Waals surface area contributed by atoms with Gasteiger partial charge in [-0.2, -0.15) is 4.31 Å². The fraction of sp³-hybridized carbons (Fsp3) is 0.276. The van der Waals surface area contributed by atoms with E-state index in [4.69, 9.17) is 21.3 Å². The number of piperidine rings is 1. The van der Waals surface area contributed by atoms with Gasteiger partial charge in [-0.15, -0.1) is 11.3 Å². The van der Waals surface area contributed by atoms with Gasteiger partial charge in [0.05, 0.1) is 23.4 Å². The lowest BCUT2D eigenvalue weighted by Crippen LogP contribution is -2.35. The Morgan fingerprint density at radius 1 is 0.974 bits per heavy atom. The number of sulfonamides is 1. The largest absolute Gasteiger partial charge is 0.497 e. The summed E-state index contributed by atoms with van der Waals surface area (Å²) in [6.07, 6.45) is 3.72. The summed E-state index contributed by atoms with van der Waals surface area (Å²) >= 11 is 7.75. The lowest BCUT2D eigenvalue weighted by atomic mass is 10.1. The molecule has 0 N–H and O–H groups in total. The highest BCUT2D eigenvalue weighted by Crippen LogP contribution is 2.26. The highest BCUT2D eigenvalue weighted by molar-refractivity contribution is 7.89. The summed E-state index contributed by atoms with van der Waals surface area (Å²) in [7, 11) is -1.81. The van der Waals surface area contributed by atoms with Crippen molar-refractivity contribution in [3.8, 4) is 17.0 Å². The van der Waals surface area contributed by atoms with Crippen molar-refractivity contribution < 1.29 is 13.2 Å². The zero-order valence-corrected chi connectivity index (χ0v) is 23.6. The second kappa shape index (κ2) is 11.9.